The summed E-state index contributed by atoms with van der Waals surface area (Å²) >= 11 is 0. The van der Waals surface area contributed by atoms with Crippen molar-refractivity contribution >= 4 is 21.4 Å². The third kappa shape index (κ3) is 4.90. The van der Waals surface area contributed by atoms with Crippen LogP contribution < -0.4 is 5.32 Å². The van der Waals surface area contributed by atoms with Crippen LogP contribution in [0.15, 0.2) is 30.3 Å². The molecule has 254 valence electrons. The van der Waals surface area contributed by atoms with Crippen molar-refractivity contribution in [3.8, 4) is 0 Å². The molecule has 8 atom stereocenters. The Morgan fingerprint density at radius 1 is 0.870 bits per heavy atom. The van der Waals surface area contributed by atoms with Gasteiger partial charge in [0.05, 0.1) is 17.1 Å². The van der Waals surface area contributed by atoms with Gasteiger partial charge in [-0.1, -0.05) is 59.2 Å². The Morgan fingerprint density at radius 2 is 1.59 bits per heavy atom. The van der Waals surface area contributed by atoms with Crippen LogP contribution in [0.4, 0.5) is 0 Å². The molecule has 6 aliphatic rings. The van der Waals surface area contributed by atoms with Crippen molar-refractivity contribution in [2.75, 3.05) is 37.7 Å². The quantitative estimate of drug-likeness (QED) is 0.336. The van der Waals surface area contributed by atoms with E-state index in [2.05, 4.69) is 50.9 Å². The highest BCUT2D eigenvalue weighted by Crippen LogP contribution is 2.76. The van der Waals surface area contributed by atoms with Crippen LogP contribution in [-0.2, 0) is 9.84 Å². The number of carbonyl (C=O) groups is 1. The number of carboxylic acid groups (broad SMARTS) is 1. The average molecular weight is 651 g/mol. The number of nitrogens with one attached hydrogen (secondary N) is 1. The first-order valence-corrected chi connectivity index (χ1v) is 20.2. The maximum atomic E-state index is 11.9. The summed E-state index contributed by atoms with van der Waals surface area (Å²) in [5.74, 6) is 2.61. The lowest BCUT2D eigenvalue weighted by Gasteiger charge is -2.72. The van der Waals surface area contributed by atoms with Gasteiger partial charge in [0, 0.05) is 31.7 Å². The Kier molecular flexibility index (Phi) is 7.97. The van der Waals surface area contributed by atoms with Gasteiger partial charge in [-0.2, -0.15) is 0 Å². The summed E-state index contributed by atoms with van der Waals surface area (Å²) in [4.78, 5) is 13.9. The molecule has 0 aromatic heterocycles. The van der Waals surface area contributed by atoms with Gasteiger partial charge >= 0.3 is 5.97 Å². The summed E-state index contributed by atoms with van der Waals surface area (Å²) in [5.41, 5.74) is 4.19. The molecule has 4 saturated carbocycles. The number of carboxylic acids is 1. The maximum Gasteiger partial charge on any atom is 0.335 e. The molecule has 1 heterocycles. The molecule has 1 saturated heterocycles. The first-order chi connectivity index (χ1) is 21.7. The van der Waals surface area contributed by atoms with E-state index in [9.17, 15) is 18.3 Å². The molecule has 0 spiro atoms. The van der Waals surface area contributed by atoms with Gasteiger partial charge in [-0.15, -0.1) is 0 Å². The van der Waals surface area contributed by atoms with Gasteiger partial charge in [-0.05, 0) is 126 Å². The van der Waals surface area contributed by atoms with Crippen LogP contribution in [0.5, 0.6) is 0 Å². The van der Waals surface area contributed by atoms with Crippen molar-refractivity contribution in [2.45, 2.75) is 104 Å². The zero-order valence-electron chi connectivity index (χ0n) is 29.0. The van der Waals surface area contributed by atoms with E-state index in [4.69, 9.17) is 0 Å². The SMILES string of the molecule is CC1(C)C(c2ccc(C(=O)O)cc2)=CCC2(C)C1CCC1(C)C2CCC2C3CCCC3(NCCN3CCS(=O)(=O)CC3)CCC21C. The molecule has 6 nitrogen and oxygen atoms in total. The predicted octanol–water partition coefficient (Wildman–Crippen LogP) is 7.31. The van der Waals surface area contributed by atoms with Gasteiger partial charge in [-0.25, -0.2) is 13.2 Å². The summed E-state index contributed by atoms with van der Waals surface area (Å²) in [6, 6.07) is 7.59. The van der Waals surface area contributed by atoms with Crippen molar-refractivity contribution in [1.82, 2.24) is 10.2 Å². The minimum atomic E-state index is -2.83. The van der Waals surface area contributed by atoms with Crippen LogP contribution in [0.25, 0.3) is 5.57 Å². The molecular formula is C39H58N2O4S. The van der Waals surface area contributed by atoms with Gasteiger partial charge in [0.1, 0.15) is 0 Å². The molecular weight excluding hydrogens is 593 g/mol. The number of benzene rings is 1. The molecule has 2 N–H and O–H groups in total. The Bertz CT molecular complexity index is 1490. The topological polar surface area (TPSA) is 86.7 Å². The smallest absolute Gasteiger partial charge is 0.335 e. The number of fused-ring (bicyclic) bond motifs is 7. The third-order valence-electron chi connectivity index (χ3n) is 15.7. The van der Waals surface area contributed by atoms with Crippen molar-refractivity contribution in [3.63, 3.8) is 0 Å². The normalized spacial score (nSPS) is 43.0. The van der Waals surface area contributed by atoms with Crippen molar-refractivity contribution < 1.29 is 18.3 Å². The zero-order chi connectivity index (χ0) is 32.8. The molecule has 5 aliphatic carbocycles. The van der Waals surface area contributed by atoms with Gasteiger partial charge < -0.3 is 15.3 Å². The number of hydrogen-bond acceptors (Lipinski definition) is 5. The molecule has 1 aliphatic heterocycles. The van der Waals surface area contributed by atoms with Crippen LogP contribution >= 0.6 is 0 Å². The molecule has 7 heteroatoms. The third-order valence-corrected chi connectivity index (χ3v) is 17.3. The number of sulfone groups is 1. The monoisotopic (exact) mass is 650 g/mol. The summed E-state index contributed by atoms with van der Waals surface area (Å²) < 4.78 is 23.9. The highest BCUT2D eigenvalue weighted by Gasteiger charge is 2.69. The second kappa shape index (κ2) is 11.2. The Hall–Kier alpha value is -1.70. The van der Waals surface area contributed by atoms with Gasteiger partial charge in [0.15, 0.2) is 9.84 Å². The average Bonchev–Trinajstić information content (AvgIpc) is 3.42. The molecule has 0 radical (unpaired) electrons. The van der Waals surface area contributed by atoms with Crippen LogP contribution in [0.3, 0.4) is 0 Å². The molecule has 5 fully saturated rings. The fourth-order valence-corrected chi connectivity index (χ4v) is 14.5. The van der Waals surface area contributed by atoms with Crippen molar-refractivity contribution in [2.24, 2.45) is 45.3 Å². The standard InChI is InChI=1S/C39H58N2O4S/c1-35(2)29(27-8-10-28(11-9-27)34(42)43)14-17-36(3)32(35)15-18-38(5)33(36)13-12-30-31-7-6-16-39(31,20-19-37(30,38)4)40-21-22-41-23-25-46(44,45)26-24-41/h8-11,14,30-33,40H,6-7,12-13,15-26H2,1-5H3,(H,42,43). The number of aromatic carboxylic acids is 1. The molecule has 8 unspecified atom stereocenters. The minimum Gasteiger partial charge on any atom is -0.478 e. The Balaban J connectivity index is 1.10. The van der Waals surface area contributed by atoms with E-state index in [0.29, 0.717) is 52.8 Å². The van der Waals surface area contributed by atoms with Crippen LogP contribution in [0, 0.1) is 45.3 Å². The largest absolute Gasteiger partial charge is 0.478 e. The molecule has 1 aromatic rings. The van der Waals surface area contributed by atoms with E-state index in [0.717, 1.165) is 31.3 Å². The first-order valence-electron chi connectivity index (χ1n) is 18.4. The number of allylic oxidation sites excluding steroid dienone is 2. The van der Waals surface area contributed by atoms with Gasteiger partial charge in [-0.3, -0.25) is 0 Å². The summed E-state index contributed by atoms with van der Waals surface area (Å²) in [6.07, 6.45) is 15.5. The van der Waals surface area contributed by atoms with Crippen LogP contribution in [0.2, 0.25) is 0 Å². The van der Waals surface area contributed by atoms with E-state index in [1.54, 1.807) is 12.1 Å². The van der Waals surface area contributed by atoms with Gasteiger partial charge in [0.25, 0.3) is 0 Å². The number of rotatable bonds is 6. The van der Waals surface area contributed by atoms with Gasteiger partial charge in [0.2, 0.25) is 0 Å². The Morgan fingerprint density at radius 3 is 2.28 bits per heavy atom. The predicted molar refractivity (Wildman–Crippen MR) is 185 cm³/mol. The fourth-order valence-electron chi connectivity index (χ4n) is 13.2. The second-order valence-corrected chi connectivity index (χ2v) is 20.0. The molecule has 0 bridgehead atoms. The minimum absolute atomic E-state index is 0.0342. The molecule has 7 rings (SSSR count). The lowest BCUT2D eigenvalue weighted by Crippen LogP contribution is -2.67. The lowest BCUT2D eigenvalue weighted by molar-refractivity contribution is -0.217. The first kappa shape index (κ1) is 32.8. The Labute approximate surface area is 278 Å². The summed E-state index contributed by atoms with van der Waals surface area (Å²) in [6.45, 7) is 16.3. The zero-order valence-corrected chi connectivity index (χ0v) is 29.9. The van der Waals surface area contributed by atoms with E-state index < -0.39 is 15.8 Å². The molecule has 1 aromatic carbocycles. The van der Waals surface area contributed by atoms with Crippen LogP contribution in [-0.4, -0.2) is 67.6 Å². The maximum absolute atomic E-state index is 11.9. The highest BCUT2D eigenvalue weighted by molar-refractivity contribution is 7.91. The van der Waals surface area contributed by atoms with E-state index in [1.165, 1.54) is 68.9 Å². The van der Waals surface area contributed by atoms with E-state index in [1.807, 2.05) is 12.1 Å². The number of nitrogens with zero attached hydrogens (tertiary/aromatic N) is 1. The summed E-state index contributed by atoms with van der Waals surface area (Å²) in [5, 5.41) is 13.6. The lowest BCUT2D eigenvalue weighted by atomic mass is 9.33. The fraction of sp³-hybridized carbons (Fsp3) is 0.769. The number of hydrogen-bond donors (Lipinski definition) is 2. The van der Waals surface area contributed by atoms with E-state index in [-0.39, 0.29) is 16.4 Å². The van der Waals surface area contributed by atoms with Crippen LogP contribution in [0.1, 0.15) is 115 Å². The highest BCUT2D eigenvalue weighted by atomic mass is 32.2. The van der Waals surface area contributed by atoms with Crippen molar-refractivity contribution in [3.05, 3.63) is 41.5 Å². The second-order valence-electron chi connectivity index (χ2n) is 17.7. The molecule has 46 heavy (non-hydrogen) atoms. The summed E-state index contributed by atoms with van der Waals surface area (Å²) in [7, 11) is -2.83. The van der Waals surface area contributed by atoms with Crippen molar-refractivity contribution in [1.29, 1.82) is 0 Å². The molecule has 0 amide bonds. The van der Waals surface area contributed by atoms with E-state index >= 15 is 0 Å².